The molecule has 1 N–H and O–H groups in total. The number of fused-ring (bicyclic) bond motifs is 3. The number of nitrogens with zero attached hydrogens (tertiary/aromatic N) is 1. The molecule has 4 rings (SSSR count). The molecule has 2 atom stereocenters. The topological polar surface area (TPSA) is 45.8 Å². The Bertz CT molecular complexity index is 673. The first-order chi connectivity index (χ1) is 10.7. The minimum atomic E-state index is 0. The van der Waals surface area contributed by atoms with E-state index in [1.807, 2.05) is 24.3 Å². The largest absolute Gasteiger partial charge is 0.508 e. The van der Waals surface area contributed by atoms with Crippen LogP contribution in [-0.2, 0) is 12.0 Å². The summed E-state index contributed by atoms with van der Waals surface area (Å²) in [6.45, 7) is 4.96. The van der Waals surface area contributed by atoms with Crippen LogP contribution in [0.3, 0.4) is 0 Å². The van der Waals surface area contributed by atoms with Gasteiger partial charge in [-0.05, 0) is 49.7 Å². The zero-order chi connectivity index (χ0) is 15.2. The monoisotopic (exact) mass is 335 g/mol. The zero-order valence-corrected chi connectivity index (χ0v) is 14.0. The summed E-state index contributed by atoms with van der Waals surface area (Å²) in [6.07, 6.45) is 3.95. The van der Waals surface area contributed by atoms with Crippen molar-refractivity contribution in [1.29, 1.82) is 0 Å². The molecule has 2 aromatic rings. The second-order valence-corrected chi connectivity index (χ2v) is 6.36. The van der Waals surface area contributed by atoms with Gasteiger partial charge in [0.05, 0.1) is 12.8 Å². The van der Waals surface area contributed by atoms with E-state index in [-0.39, 0.29) is 23.9 Å². The summed E-state index contributed by atoms with van der Waals surface area (Å²) in [6, 6.07) is 9.45. The molecular weight excluding hydrogens is 314 g/mol. The molecule has 4 nitrogen and oxygen atoms in total. The SMILES string of the molecule is CC[C@@]12CCN(Cc3ccco3)C[C@@H]1Oc1ccc(O)cc12.Cl. The Kier molecular flexibility index (Phi) is 4.30. The van der Waals surface area contributed by atoms with Crippen molar-refractivity contribution in [1.82, 2.24) is 4.90 Å². The predicted octanol–water partition coefficient (Wildman–Crippen LogP) is 3.72. The fourth-order valence-corrected chi connectivity index (χ4v) is 4.00. The zero-order valence-electron chi connectivity index (χ0n) is 13.2. The lowest BCUT2D eigenvalue weighted by molar-refractivity contribution is 0.0339. The van der Waals surface area contributed by atoms with E-state index >= 15 is 0 Å². The van der Waals surface area contributed by atoms with Crippen LogP contribution in [0, 0.1) is 0 Å². The number of benzene rings is 1. The molecule has 23 heavy (non-hydrogen) atoms. The van der Waals surface area contributed by atoms with Gasteiger partial charge in [0.2, 0.25) is 0 Å². The Morgan fingerprint density at radius 2 is 2.22 bits per heavy atom. The summed E-state index contributed by atoms with van der Waals surface area (Å²) in [5, 5.41) is 9.84. The summed E-state index contributed by atoms with van der Waals surface area (Å²) in [5.41, 5.74) is 1.21. The van der Waals surface area contributed by atoms with Crippen LogP contribution in [0.4, 0.5) is 0 Å². The number of aromatic hydroxyl groups is 1. The van der Waals surface area contributed by atoms with Crippen LogP contribution in [0.25, 0.3) is 0 Å². The molecule has 2 aliphatic heterocycles. The molecule has 124 valence electrons. The fraction of sp³-hybridized carbons (Fsp3) is 0.444. The summed E-state index contributed by atoms with van der Waals surface area (Å²) in [4.78, 5) is 2.39. The van der Waals surface area contributed by atoms with Crippen molar-refractivity contribution in [2.24, 2.45) is 0 Å². The maximum atomic E-state index is 9.84. The summed E-state index contributed by atoms with van der Waals surface area (Å²) in [5.74, 6) is 2.26. The van der Waals surface area contributed by atoms with Crippen LogP contribution in [0.2, 0.25) is 0 Å². The average Bonchev–Trinajstić information content (AvgIpc) is 3.13. The molecule has 5 heteroatoms. The van der Waals surface area contributed by atoms with E-state index in [1.165, 1.54) is 5.56 Å². The summed E-state index contributed by atoms with van der Waals surface area (Å²) < 4.78 is 11.7. The van der Waals surface area contributed by atoms with Gasteiger partial charge in [-0.2, -0.15) is 0 Å². The van der Waals surface area contributed by atoms with Gasteiger partial charge in [-0.1, -0.05) is 6.92 Å². The molecule has 0 amide bonds. The summed E-state index contributed by atoms with van der Waals surface area (Å²) >= 11 is 0. The summed E-state index contributed by atoms with van der Waals surface area (Å²) in [7, 11) is 0. The van der Waals surface area contributed by atoms with Crippen molar-refractivity contribution in [2.75, 3.05) is 13.1 Å². The van der Waals surface area contributed by atoms with Gasteiger partial charge < -0.3 is 14.3 Å². The Hall–Kier alpha value is -1.65. The van der Waals surface area contributed by atoms with Crippen LogP contribution in [0.1, 0.15) is 31.1 Å². The number of ether oxygens (including phenoxy) is 1. The van der Waals surface area contributed by atoms with E-state index in [4.69, 9.17) is 9.15 Å². The van der Waals surface area contributed by atoms with Crippen LogP contribution >= 0.6 is 12.4 Å². The van der Waals surface area contributed by atoms with Crippen LogP contribution < -0.4 is 4.74 Å². The van der Waals surface area contributed by atoms with Crippen molar-refractivity contribution in [3.8, 4) is 11.5 Å². The highest BCUT2D eigenvalue weighted by atomic mass is 35.5. The second-order valence-electron chi connectivity index (χ2n) is 6.36. The normalized spacial score (nSPS) is 26.0. The third-order valence-electron chi connectivity index (χ3n) is 5.27. The van der Waals surface area contributed by atoms with Gasteiger partial charge in [-0.15, -0.1) is 12.4 Å². The van der Waals surface area contributed by atoms with Crippen molar-refractivity contribution >= 4 is 12.4 Å². The van der Waals surface area contributed by atoms with E-state index in [9.17, 15) is 5.11 Å². The highest BCUT2D eigenvalue weighted by Crippen LogP contribution is 2.50. The van der Waals surface area contributed by atoms with Crippen LogP contribution in [0.15, 0.2) is 41.0 Å². The third kappa shape index (κ3) is 2.60. The third-order valence-corrected chi connectivity index (χ3v) is 5.27. The Labute approximate surface area is 142 Å². The van der Waals surface area contributed by atoms with Crippen LogP contribution in [0.5, 0.6) is 11.5 Å². The molecule has 0 radical (unpaired) electrons. The number of furan rings is 1. The molecule has 3 heterocycles. The van der Waals surface area contributed by atoms with Crippen molar-refractivity contribution in [2.45, 2.75) is 37.8 Å². The maximum Gasteiger partial charge on any atom is 0.124 e. The Morgan fingerprint density at radius 1 is 1.35 bits per heavy atom. The number of likely N-dealkylation sites (tertiary alicyclic amines) is 1. The standard InChI is InChI=1S/C18H21NO3.ClH/c1-2-18-7-8-19(11-14-4-3-9-21-14)12-17(18)22-16-6-5-13(20)10-15(16)18;/h3-6,9-10,17,20H,2,7-8,11-12H2,1H3;1H/t17-,18-;/m0./s1. The molecule has 0 spiro atoms. The number of piperidine rings is 1. The number of hydrogen-bond acceptors (Lipinski definition) is 4. The molecule has 2 aliphatic rings. The first-order valence-corrected chi connectivity index (χ1v) is 7.96. The lowest BCUT2D eigenvalue weighted by Gasteiger charge is -2.42. The molecular formula is C18H22ClNO3. The Morgan fingerprint density at radius 3 is 2.96 bits per heavy atom. The molecule has 1 saturated heterocycles. The lowest BCUT2D eigenvalue weighted by atomic mass is 9.70. The van der Waals surface area contributed by atoms with Gasteiger partial charge in [-0.3, -0.25) is 4.90 Å². The van der Waals surface area contributed by atoms with Gasteiger partial charge in [0.25, 0.3) is 0 Å². The highest BCUT2D eigenvalue weighted by molar-refractivity contribution is 5.85. The quantitative estimate of drug-likeness (QED) is 0.928. The second kappa shape index (κ2) is 6.10. The average molecular weight is 336 g/mol. The van der Waals surface area contributed by atoms with Gasteiger partial charge >= 0.3 is 0 Å². The van der Waals surface area contributed by atoms with E-state index in [2.05, 4.69) is 11.8 Å². The minimum absolute atomic E-state index is 0. The van der Waals surface area contributed by atoms with E-state index in [0.717, 1.165) is 44.0 Å². The molecule has 0 saturated carbocycles. The molecule has 0 bridgehead atoms. The predicted molar refractivity (Wildman–Crippen MR) is 90.3 cm³/mol. The number of phenolic OH excluding ortho intramolecular Hbond substituents is 1. The van der Waals surface area contributed by atoms with Gasteiger partial charge in [0.1, 0.15) is 23.4 Å². The first-order valence-electron chi connectivity index (χ1n) is 7.96. The first kappa shape index (κ1) is 16.2. The molecule has 0 unspecified atom stereocenters. The molecule has 1 aromatic heterocycles. The maximum absolute atomic E-state index is 9.84. The van der Waals surface area contributed by atoms with E-state index in [0.29, 0.717) is 5.75 Å². The number of halogens is 1. The van der Waals surface area contributed by atoms with E-state index < -0.39 is 0 Å². The van der Waals surface area contributed by atoms with Gasteiger partial charge in [0.15, 0.2) is 0 Å². The van der Waals surface area contributed by atoms with Gasteiger partial charge in [0, 0.05) is 17.5 Å². The Balaban J connectivity index is 0.00000156. The lowest BCUT2D eigenvalue weighted by Crippen LogP contribution is -2.52. The molecule has 0 aliphatic carbocycles. The van der Waals surface area contributed by atoms with Crippen LogP contribution in [-0.4, -0.2) is 29.2 Å². The number of phenols is 1. The number of rotatable bonds is 3. The van der Waals surface area contributed by atoms with E-state index in [1.54, 1.807) is 12.3 Å². The smallest absolute Gasteiger partial charge is 0.124 e. The molecule has 1 fully saturated rings. The number of hydrogen-bond donors (Lipinski definition) is 1. The highest BCUT2D eigenvalue weighted by Gasteiger charge is 2.50. The molecule has 1 aromatic carbocycles. The minimum Gasteiger partial charge on any atom is -0.508 e. The van der Waals surface area contributed by atoms with Gasteiger partial charge in [-0.25, -0.2) is 0 Å². The fourth-order valence-electron chi connectivity index (χ4n) is 4.00. The van der Waals surface area contributed by atoms with Crippen molar-refractivity contribution in [3.63, 3.8) is 0 Å². The van der Waals surface area contributed by atoms with Crippen molar-refractivity contribution < 1.29 is 14.3 Å². The van der Waals surface area contributed by atoms with Crippen molar-refractivity contribution in [3.05, 3.63) is 47.9 Å².